The van der Waals surface area contributed by atoms with Crippen LogP contribution in [0.1, 0.15) is 25.0 Å². The van der Waals surface area contributed by atoms with Crippen LogP contribution in [0.4, 0.5) is 0 Å². The third kappa shape index (κ3) is 4.67. The van der Waals surface area contributed by atoms with E-state index < -0.39 is 0 Å². The van der Waals surface area contributed by atoms with Crippen LogP contribution < -0.4 is 0 Å². The van der Waals surface area contributed by atoms with Gasteiger partial charge in [0.2, 0.25) is 0 Å². The van der Waals surface area contributed by atoms with Gasteiger partial charge in [-0.15, -0.1) is 11.3 Å². The van der Waals surface area contributed by atoms with Gasteiger partial charge in [0.1, 0.15) is 11.2 Å². The minimum Gasteiger partial charge on any atom is -0.455 e. The number of thiophene rings is 1. The van der Waals surface area contributed by atoms with Gasteiger partial charge < -0.3 is 4.42 Å². The highest BCUT2D eigenvalue weighted by Crippen LogP contribution is 2.52. The molecule has 276 valence electrons. The van der Waals surface area contributed by atoms with E-state index in [1.165, 1.54) is 119 Å². The van der Waals surface area contributed by atoms with Gasteiger partial charge in [0.25, 0.3) is 0 Å². The van der Waals surface area contributed by atoms with Gasteiger partial charge >= 0.3 is 0 Å². The summed E-state index contributed by atoms with van der Waals surface area (Å²) in [5, 5.41) is 12.5. The molecule has 59 heavy (non-hydrogen) atoms. The van der Waals surface area contributed by atoms with E-state index in [1.54, 1.807) is 0 Å². The second-order valence-corrected chi connectivity index (χ2v) is 17.9. The highest BCUT2D eigenvalue weighted by Gasteiger charge is 2.36. The summed E-state index contributed by atoms with van der Waals surface area (Å²) >= 11 is 1.87. The highest BCUT2D eigenvalue weighted by atomic mass is 32.1. The summed E-state index contributed by atoms with van der Waals surface area (Å²) in [6.45, 7) is 4.80. The molecular weight excluding hydrogens is 733 g/mol. The Morgan fingerprint density at radius 1 is 0.373 bits per heavy atom. The fourth-order valence-electron chi connectivity index (χ4n) is 10.4. The Kier molecular flexibility index (Phi) is 6.73. The van der Waals surface area contributed by atoms with Crippen LogP contribution in [-0.2, 0) is 5.41 Å². The van der Waals surface area contributed by atoms with Gasteiger partial charge in [0, 0.05) is 41.7 Å². The zero-order valence-electron chi connectivity index (χ0n) is 32.6. The highest BCUT2D eigenvalue weighted by molar-refractivity contribution is 7.25. The van der Waals surface area contributed by atoms with Crippen LogP contribution in [0, 0.1) is 0 Å². The average molecular weight is 769 g/mol. The van der Waals surface area contributed by atoms with Crippen molar-refractivity contribution in [2.24, 2.45) is 0 Å². The number of furan rings is 1. The molecule has 0 aliphatic heterocycles. The average Bonchev–Trinajstić information content (AvgIpc) is 3.91. The van der Waals surface area contributed by atoms with E-state index in [0.717, 1.165) is 11.2 Å². The standard InChI is InChI=1S/C57H36OS/c1-57(2)49-30-35(34-23-27-52-47(28-34)48-29-36-21-26-45-40-14-10-11-19-51(40)58-56(45)46(36)32-53(48)59-52)20-24-38(49)39-25-22-37(31-50(39)57)55-43-17-8-6-15-41(43)54(33-12-4-3-5-13-33)42-16-7-9-18-44(42)55/h3-32H,1-2H3. The van der Waals surface area contributed by atoms with E-state index >= 15 is 0 Å². The van der Waals surface area contributed by atoms with Crippen LogP contribution >= 0.6 is 11.3 Å². The molecule has 0 unspecified atom stereocenters. The lowest BCUT2D eigenvalue weighted by atomic mass is 9.80. The van der Waals surface area contributed by atoms with Crippen LogP contribution in [0.2, 0.25) is 0 Å². The molecule has 2 heteroatoms. The minimum atomic E-state index is -0.174. The van der Waals surface area contributed by atoms with Crippen molar-refractivity contribution in [2.75, 3.05) is 0 Å². The zero-order chi connectivity index (χ0) is 39.0. The fraction of sp³-hybridized carbons (Fsp3) is 0.0526. The molecule has 0 bridgehead atoms. The lowest BCUT2D eigenvalue weighted by molar-refractivity contribution is 0.661. The van der Waals surface area contributed by atoms with Crippen molar-refractivity contribution < 1.29 is 4.42 Å². The monoisotopic (exact) mass is 768 g/mol. The van der Waals surface area contributed by atoms with E-state index in [9.17, 15) is 0 Å². The number of rotatable bonds is 3. The summed E-state index contributed by atoms with van der Waals surface area (Å²) in [4.78, 5) is 0. The van der Waals surface area contributed by atoms with Crippen LogP contribution in [0.25, 0.3) is 119 Å². The van der Waals surface area contributed by atoms with E-state index in [1.807, 2.05) is 17.4 Å². The lowest BCUT2D eigenvalue weighted by Crippen LogP contribution is -2.15. The van der Waals surface area contributed by atoms with Gasteiger partial charge in [0.05, 0.1) is 0 Å². The van der Waals surface area contributed by atoms with Gasteiger partial charge in [-0.25, -0.2) is 0 Å². The first-order chi connectivity index (χ1) is 29.0. The van der Waals surface area contributed by atoms with Crippen LogP contribution in [-0.4, -0.2) is 0 Å². The Labute approximate surface area is 345 Å². The predicted octanol–water partition coefficient (Wildman–Crippen LogP) is 16.7. The normalized spacial score (nSPS) is 13.4. The molecule has 0 radical (unpaired) electrons. The van der Waals surface area contributed by atoms with E-state index in [2.05, 4.69) is 190 Å². The van der Waals surface area contributed by atoms with Crippen molar-refractivity contribution in [1.82, 2.24) is 0 Å². The lowest BCUT2D eigenvalue weighted by Gasteiger charge is -2.23. The molecular formula is C57H36OS. The summed E-state index contributed by atoms with van der Waals surface area (Å²) in [5.41, 5.74) is 14.8. The first-order valence-electron chi connectivity index (χ1n) is 20.5. The summed E-state index contributed by atoms with van der Waals surface area (Å²) in [5.74, 6) is 0. The molecule has 0 spiro atoms. The van der Waals surface area contributed by atoms with Crippen molar-refractivity contribution >= 4 is 85.8 Å². The Bertz CT molecular complexity index is 3690. The van der Waals surface area contributed by atoms with Crippen molar-refractivity contribution in [3.05, 3.63) is 193 Å². The largest absolute Gasteiger partial charge is 0.455 e. The molecule has 1 aliphatic rings. The van der Waals surface area contributed by atoms with E-state index in [-0.39, 0.29) is 5.41 Å². The fourth-order valence-corrected chi connectivity index (χ4v) is 11.5. The Balaban J connectivity index is 0.922. The second-order valence-electron chi connectivity index (χ2n) is 16.8. The molecule has 2 heterocycles. The number of hydrogen-bond acceptors (Lipinski definition) is 2. The van der Waals surface area contributed by atoms with Gasteiger partial charge in [-0.3, -0.25) is 0 Å². The minimum absolute atomic E-state index is 0.174. The van der Waals surface area contributed by atoms with Gasteiger partial charge in [0.15, 0.2) is 0 Å². The summed E-state index contributed by atoms with van der Waals surface area (Å²) in [7, 11) is 0. The molecule has 0 saturated carbocycles. The van der Waals surface area contributed by atoms with Crippen LogP contribution in [0.15, 0.2) is 186 Å². The van der Waals surface area contributed by atoms with Gasteiger partial charge in [-0.1, -0.05) is 147 Å². The van der Waals surface area contributed by atoms with Crippen molar-refractivity contribution in [1.29, 1.82) is 0 Å². The van der Waals surface area contributed by atoms with Crippen molar-refractivity contribution in [3.8, 4) is 44.5 Å². The first-order valence-corrected chi connectivity index (χ1v) is 21.3. The molecule has 0 atom stereocenters. The Morgan fingerprint density at radius 2 is 0.932 bits per heavy atom. The third-order valence-electron chi connectivity index (χ3n) is 13.2. The SMILES string of the molecule is CC1(C)c2cc(-c3ccc4sc5cc6c(ccc7c8ccccc8oc67)cc5c4c3)ccc2-c2ccc(-c3c4ccccc4c(-c4ccccc4)c4ccccc34)cc21. The third-order valence-corrected chi connectivity index (χ3v) is 14.4. The molecule has 0 saturated heterocycles. The smallest absolute Gasteiger partial charge is 0.143 e. The Morgan fingerprint density at radius 3 is 1.64 bits per heavy atom. The number of fused-ring (bicyclic) bond motifs is 13. The molecule has 0 amide bonds. The molecule has 1 aliphatic carbocycles. The Hall–Kier alpha value is -7.00. The first kappa shape index (κ1) is 33.0. The van der Waals surface area contributed by atoms with Gasteiger partial charge in [-0.2, -0.15) is 0 Å². The van der Waals surface area contributed by atoms with Gasteiger partial charge in [-0.05, 0) is 131 Å². The molecule has 13 rings (SSSR count). The predicted molar refractivity (Wildman–Crippen MR) is 253 cm³/mol. The maximum atomic E-state index is 6.43. The van der Waals surface area contributed by atoms with E-state index in [0.29, 0.717) is 0 Å². The summed E-state index contributed by atoms with van der Waals surface area (Å²) < 4.78 is 9.02. The zero-order valence-corrected chi connectivity index (χ0v) is 33.5. The second kappa shape index (κ2) is 12.0. The summed E-state index contributed by atoms with van der Waals surface area (Å²) in [6.07, 6.45) is 0. The van der Waals surface area contributed by atoms with Crippen LogP contribution in [0.3, 0.4) is 0 Å². The molecule has 12 aromatic rings. The topological polar surface area (TPSA) is 13.1 Å². The van der Waals surface area contributed by atoms with Crippen LogP contribution in [0.5, 0.6) is 0 Å². The van der Waals surface area contributed by atoms with Crippen molar-refractivity contribution in [3.63, 3.8) is 0 Å². The maximum Gasteiger partial charge on any atom is 0.143 e. The molecule has 2 aromatic heterocycles. The van der Waals surface area contributed by atoms with Crippen molar-refractivity contribution in [2.45, 2.75) is 19.3 Å². The van der Waals surface area contributed by atoms with E-state index in [4.69, 9.17) is 4.42 Å². The number of para-hydroxylation sites is 1. The summed E-state index contributed by atoms with van der Waals surface area (Å²) in [6, 6.07) is 67.6. The molecule has 0 fully saturated rings. The number of benzene rings is 10. The molecule has 10 aromatic carbocycles. The maximum absolute atomic E-state index is 6.43. The quantitative estimate of drug-likeness (QED) is 0.163. The number of hydrogen-bond donors (Lipinski definition) is 0. The molecule has 0 N–H and O–H groups in total. The molecule has 1 nitrogen and oxygen atoms in total.